The van der Waals surface area contributed by atoms with Crippen LogP contribution in [0.5, 0.6) is 5.75 Å². The first-order chi connectivity index (χ1) is 9.41. The molecule has 0 radical (unpaired) electrons. The van der Waals surface area contributed by atoms with E-state index in [4.69, 9.17) is 9.84 Å². The summed E-state index contributed by atoms with van der Waals surface area (Å²) in [6.07, 6.45) is -0.668. The van der Waals surface area contributed by atoms with E-state index in [1.165, 1.54) is 0 Å². The van der Waals surface area contributed by atoms with Crippen LogP contribution in [0, 0.1) is 11.8 Å². The lowest BCUT2D eigenvalue weighted by atomic mass is 9.96. The SMILES string of the molecule is CC(Oc1ccccc1)C(=O)NCC(C(=O)O)C(C)C. The van der Waals surface area contributed by atoms with Crippen LogP contribution in [0.25, 0.3) is 0 Å². The summed E-state index contributed by atoms with van der Waals surface area (Å²) in [7, 11) is 0. The Morgan fingerprint density at radius 1 is 1.20 bits per heavy atom. The van der Waals surface area contributed by atoms with E-state index in [2.05, 4.69) is 5.32 Å². The summed E-state index contributed by atoms with van der Waals surface area (Å²) >= 11 is 0. The Kier molecular flexibility index (Phi) is 6.03. The molecule has 0 aromatic heterocycles. The lowest BCUT2D eigenvalue weighted by Gasteiger charge is -2.19. The van der Waals surface area contributed by atoms with Crippen LogP contribution in [0.2, 0.25) is 0 Å². The van der Waals surface area contributed by atoms with Gasteiger partial charge in [-0.25, -0.2) is 0 Å². The molecule has 0 saturated carbocycles. The van der Waals surface area contributed by atoms with Crippen LogP contribution in [0.1, 0.15) is 20.8 Å². The minimum absolute atomic E-state index is 0.0434. The van der Waals surface area contributed by atoms with Crippen LogP contribution in [0.4, 0.5) is 0 Å². The van der Waals surface area contributed by atoms with Crippen molar-refractivity contribution in [3.63, 3.8) is 0 Å². The largest absolute Gasteiger partial charge is 0.481 e. The summed E-state index contributed by atoms with van der Waals surface area (Å²) in [4.78, 5) is 22.9. The zero-order valence-corrected chi connectivity index (χ0v) is 12.0. The highest BCUT2D eigenvalue weighted by molar-refractivity contribution is 5.81. The van der Waals surface area contributed by atoms with E-state index in [9.17, 15) is 9.59 Å². The summed E-state index contributed by atoms with van der Waals surface area (Å²) in [6, 6.07) is 9.02. The van der Waals surface area contributed by atoms with Crippen molar-refractivity contribution >= 4 is 11.9 Å². The van der Waals surface area contributed by atoms with Gasteiger partial charge in [-0.3, -0.25) is 9.59 Å². The molecule has 0 aliphatic rings. The van der Waals surface area contributed by atoms with Crippen molar-refractivity contribution in [3.8, 4) is 5.75 Å². The van der Waals surface area contributed by atoms with E-state index >= 15 is 0 Å². The molecule has 5 nitrogen and oxygen atoms in total. The maximum atomic E-state index is 11.9. The molecule has 2 N–H and O–H groups in total. The molecule has 20 heavy (non-hydrogen) atoms. The van der Waals surface area contributed by atoms with Crippen molar-refractivity contribution in [2.75, 3.05) is 6.54 Å². The van der Waals surface area contributed by atoms with Crippen LogP contribution < -0.4 is 10.1 Å². The van der Waals surface area contributed by atoms with Crippen molar-refractivity contribution in [2.24, 2.45) is 11.8 Å². The molecular formula is C15H21NO4. The molecule has 0 bridgehead atoms. The van der Waals surface area contributed by atoms with Gasteiger partial charge < -0.3 is 15.2 Å². The van der Waals surface area contributed by atoms with Crippen LogP contribution in [-0.4, -0.2) is 29.6 Å². The summed E-state index contributed by atoms with van der Waals surface area (Å²) < 4.78 is 5.47. The minimum atomic E-state index is -0.906. The van der Waals surface area contributed by atoms with E-state index in [0.29, 0.717) is 5.75 Å². The second-order valence-electron chi connectivity index (χ2n) is 5.01. The van der Waals surface area contributed by atoms with Gasteiger partial charge in [0, 0.05) is 6.54 Å². The zero-order valence-electron chi connectivity index (χ0n) is 12.0. The van der Waals surface area contributed by atoms with Crippen molar-refractivity contribution < 1.29 is 19.4 Å². The predicted octanol–water partition coefficient (Wildman–Crippen LogP) is 1.93. The summed E-state index contributed by atoms with van der Waals surface area (Å²) in [5.41, 5.74) is 0. The molecule has 5 heteroatoms. The Balaban J connectivity index is 2.48. The highest BCUT2D eigenvalue weighted by Crippen LogP contribution is 2.12. The topological polar surface area (TPSA) is 75.6 Å². The molecule has 0 heterocycles. The second kappa shape index (κ2) is 7.53. The molecule has 0 fully saturated rings. The predicted molar refractivity (Wildman–Crippen MR) is 75.5 cm³/mol. The summed E-state index contributed by atoms with van der Waals surface area (Å²) in [5, 5.41) is 11.7. The van der Waals surface area contributed by atoms with E-state index in [1.807, 2.05) is 32.0 Å². The zero-order chi connectivity index (χ0) is 15.1. The van der Waals surface area contributed by atoms with Crippen molar-refractivity contribution in [1.29, 1.82) is 0 Å². The van der Waals surface area contributed by atoms with E-state index in [1.54, 1.807) is 19.1 Å². The standard InChI is InChI=1S/C15H21NO4/c1-10(2)13(15(18)19)9-16-14(17)11(3)20-12-7-5-4-6-8-12/h4-8,10-11,13H,9H2,1-3H3,(H,16,17)(H,18,19). The normalized spacial score (nSPS) is 13.6. The second-order valence-corrected chi connectivity index (χ2v) is 5.01. The third kappa shape index (κ3) is 4.91. The Bertz CT molecular complexity index is 444. The quantitative estimate of drug-likeness (QED) is 0.799. The number of hydrogen-bond acceptors (Lipinski definition) is 3. The maximum Gasteiger partial charge on any atom is 0.308 e. The van der Waals surface area contributed by atoms with Gasteiger partial charge in [0.05, 0.1) is 5.92 Å². The van der Waals surface area contributed by atoms with Gasteiger partial charge in [0.1, 0.15) is 5.75 Å². The third-order valence-corrected chi connectivity index (χ3v) is 3.04. The molecule has 0 aliphatic carbocycles. The number of nitrogens with one attached hydrogen (secondary N) is 1. The fourth-order valence-electron chi connectivity index (χ4n) is 1.72. The Hall–Kier alpha value is -2.04. The number of amides is 1. The van der Waals surface area contributed by atoms with Gasteiger partial charge in [0.15, 0.2) is 6.10 Å². The number of carboxylic acids is 1. The lowest BCUT2D eigenvalue weighted by molar-refractivity contribution is -0.143. The molecule has 0 saturated heterocycles. The van der Waals surface area contributed by atoms with Gasteiger partial charge in [-0.15, -0.1) is 0 Å². The van der Waals surface area contributed by atoms with Crippen LogP contribution in [0.15, 0.2) is 30.3 Å². The van der Waals surface area contributed by atoms with Gasteiger partial charge in [0.25, 0.3) is 5.91 Å². The monoisotopic (exact) mass is 279 g/mol. The lowest BCUT2D eigenvalue weighted by Crippen LogP contribution is -2.41. The molecule has 1 rings (SSSR count). The average molecular weight is 279 g/mol. The van der Waals surface area contributed by atoms with Gasteiger partial charge in [-0.1, -0.05) is 32.0 Å². The molecule has 1 amide bonds. The van der Waals surface area contributed by atoms with Crippen LogP contribution in [-0.2, 0) is 9.59 Å². The number of hydrogen-bond donors (Lipinski definition) is 2. The van der Waals surface area contributed by atoms with E-state index in [0.717, 1.165) is 0 Å². The molecule has 1 aromatic carbocycles. The number of carbonyl (C=O) groups is 2. The molecule has 1 aromatic rings. The number of carboxylic acid groups (broad SMARTS) is 1. The number of carbonyl (C=O) groups excluding carboxylic acids is 1. The van der Waals surface area contributed by atoms with Gasteiger partial charge in [-0.2, -0.15) is 0 Å². The number of aliphatic carboxylic acids is 1. The van der Waals surface area contributed by atoms with Crippen molar-refractivity contribution in [1.82, 2.24) is 5.32 Å². The molecule has 0 aliphatic heterocycles. The fraction of sp³-hybridized carbons (Fsp3) is 0.467. The Morgan fingerprint density at radius 3 is 2.30 bits per heavy atom. The number of rotatable bonds is 7. The Morgan fingerprint density at radius 2 is 1.80 bits per heavy atom. The molecule has 0 spiro atoms. The number of para-hydroxylation sites is 1. The smallest absolute Gasteiger partial charge is 0.308 e. The van der Waals surface area contributed by atoms with Crippen molar-refractivity contribution in [2.45, 2.75) is 26.9 Å². The molecule has 2 atom stereocenters. The summed E-state index contributed by atoms with van der Waals surface area (Å²) in [5.74, 6) is -1.26. The molecule has 110 valence electrons. The third-order valence-electron chi connectivity index (χ3n) is 3.04. The van der Waals surface area contributed by atoms with Crippen molar-refractivity contribution in [3.05, 3.63) is 30.3 Å². The van der Waals surface area contributed by atoms with Crippen LogP contribution >= 0.6 is 0 Å². The van der Waals surface area contributed by atoms with E-state index in [-0.39, 0.29) is 18.4 Å². The number of ether oxygens (including phenoxy) is 1. The minimum Gasteiger partial charge on any atom is -0.481 e. The van der Waals surface area contributed by atoms with Gasteiger partial charge in [-0.05, 0) is 25.0 Å². The average Bonchev–Trinajstić information content (AvgIpc) is 2.38. The maximum absolute atomic E-state index is 11.9. The first-order valence-electron chi connectivity index (χ1n) is 6.64. The highest BCUT2D eigenvalue weighted by Gasteiger charge is 2.23. The fourth-order valence-corrected chi connectivity index (χ4v) is 1.72. The van der Waals surface area contributed by atoms with Crippen LogP contribution in [0.3, 0.4) is 0 Å². The number of benzene rings is 1. The Labute approximate surface area is 118 Å². The first kappa shape index (κ1) is 16.0. The highest BCUT2D eigenvalue weighted by atomic mass is 16.5. The summed E-state index contributed by atoms with van der Waals surface area (Å²) in [6.45, 7) is 5.37. The van der Waals surface area contributed by atoms with E-state index < -0.39 is 18.0 Å². The van der Waals surface area contributed by atoms with Gasteiger partial charge in [0.2, 0.25) is 0 Å². The molecule has 2 unspecified atom stereocenters. The first-order valence-corrected chi connectivity index (χ1v) is 6.64. The molecular weight excluding hydrogens is 258 g/mol. The van der Waals surface area contributed by atoms with Gasteiger partial charge >= 0.3 is 5.97 Å².